The van der Waals surface area contributed by atoms with Gasteiger partial charge >= 0.3 is 0 Å². The highest BCUT2D eigenvalue weighted by Crippen LogP contribution is 2.27. The van der Waals surface area contributed by atoms with Crippen molar-refractivity contribution in [2.45, 2.75) is 25.8 Å². The number of rotatable bonds is 3. The zero-order valence-electron chi connectivity index (χ0n) is 12.9. The molecule has 2 atom stereocenters. The van der Waals surface area contributed by atoms with E-state index in [1.165, 1.54) is 11.3 Å². The SMILES string of the molecule is C[C@@H](N)[C@@H]1CCCN(C(=O)c2cnc(-c3cnn(C)c3)s2)C1. The van der Waals surface area contributed by atoms with Crippen molar-refractivity contribution in [2.24, 2.45) is 18.7 Å². The molecule has 22 heavy (non-hydrogen) atoms. The average molecular weight is 319 g/mol. The number of nitrogens with zero attached hydrogens (tertiary/aromatic N) is 4. The van der Waals surface area contributed by atoms with Gasteiger partial charge in [-0.1, -0.05) is 0 Å². The number of hydrogen-bond acceptors (Lipinski definition) is 5. The Morgan fingerprint density at radius 3 is 3.00 bits per heavy atom. The first-order valence-corrected chi connectivity index (χ1v) is 8.36. The number of aromatic nitrogens is 3. The second-order valence-electron chi connectivity index (χ2n) is 5.94. The largest absolute Gasteiger partial charge is 0.338 e. The van der Waals surface area contributed by atoms with Crippen LogP contribution in [0.3, 0.4) is 0 Å². The molecule has 0 saturated carbocycles. The van der Waals surface area contributed by atoms with Crippen LogP contribution in [0.15, 0.2) is 18.6 Å². The van der Waals surface area contributed by atoms with Crippen molar-refractivity contribution in [1.82, 2.24) is 19.7 Å². The lowest BCUT2D eigenvalue weighted by molar-refractivity contribution is 0.0665. The van der Waals surface area contributed by atoms with Gasteiger partial charge in [-0.2, -0.15) is 5.10 Å². The molecule has 1 fully saturated rings. The molecule has 118 valence electrons. The Labute approximate surface area is 133 Å². The number of amides is 1. The van der Waals surface area contributed by atoms with Crippen LogP contribution in [-0.2, 0) is 7.05 Å². The highest BCUT2D eigenvalue weighted by molar-refractivity contribution is 7.16. The number of carbonyl (C=O) groups is 1. The maximum absolute atomic E-state index is 12.7. The first-order chi connectivity index (χ1) is 10.5. The van der Waals surface area contributed by atoms with E-state index in [2.05, 4.69) is 10.1 Å². The van der Waals surface area contributed by atoms with Crippen molar-refractivity contribution in [3.63, 3.8) is 0 Å². The van der Waals surface area contributed by atoms with Crippen molar-refractivity contribution < 1.29 is 4.79 Å². The quantitative estimate of drug-likeness (QED) is 0.935. The molecule has 0 aromatic carbocycles. The van der Waals surface area contributed by atoms with Crippen LogP contribution in [0.25, 0.3) is 10.6 Å². The summed E-state index contributed by atoms with van der Waals surface area (Å²) in [4.78, 5) is 19.6. The van der Waals surface area contributed by atoms with E-state index in [1.54, 1.807) is 17.1 Å². The van der Waals surface area contributed by atoms with Gasteiger partial charge in [0, 0.05) is 37.9 Å². The van der Waals surface area contributed by atoms with Crippen LogP contribution < -0.4 is 5.73 Å². The number of nitrogens with two attached hydrogens (primary N) is 1. The Morgan fingerprint density at radius 2 is 2.32 bits per heavy atom. The third-order valence-corrected chi connectivity index (χ3v) is 5.19. The standard InChI is InChI=1S/C15H21N5OS/c1-10(16)11-4-3-5-20(9-11)15(21)13-7-17-14(22-13)12-6-18-19(2)8-12/h6-8,10-11H,3-5,9,16H2,1-2H3/t10-,11-/m1/s1. The molecule has 3 rings (SSSR count). The predicted octanol–water partition coefficient (Wildman–Crippen LogP) is 1.74. The molecule has 2 aromatic rings. The number of aryl methyl sites for hydroxylation is 1. The van der Waals surface area contributed by atoms with Gasteiger partial charge in [-0.05, 0) is 25.7 Å². The Bertz CT molecular complexity index is 662. The first kappa shape index (κ1) is 15.2. The molecule has 0 bridgehead atoms. The summed E-state index contributed by atoms with van der Waals surface area (Å²) in [5, 5.41) is 4.97. The van der Waals surface area contributed by atoms with Gasteiger partial charge in [0.1, 0.15) is 9.88 Å². The van der Waals surface area contributed by atoms with Crippen LogP contribution in [0.5, 0.6) is 0 Å². The molecule has 1 aliphatic heterocycles. The summed E-state index contributed by atoms with van der Waals surface area (Å²) in [6, 6.07) is 0.128. The topological polar surface area (TPSA) is 77.0 Å². The summed E-state index contributed by atoms with van der Waals surface area (Å²) in [5.74, 6) is 0.460. The summed E-state index contributed by atoms with van der Waals surface area (Å²) in [7, 11) is 1.87. The van der Waals surface area contributed by atoms with E-state index in [1.807, 2.05) is 25.1 Å². The summed E-state index contributed by atoms with van der Waals surface area (Å²) >= 11 is 1.42. The summed E-state index contributed by atoms with van der Waals surface area (Å²) in [5.41, 5.74) is 6.94. The smallest absolute Gasteiger partial charge is 0.265 e. The molecule has 3 heterocycles. The fourth-order valence-electron chi connectivity index (χ4n) is 2.82. The molecule has 2 aromatic heterocycles. The molecular formula is C15H21N5OS. The van der Waals surface area contributed by atoms with Crippen LogP contribution in [0.4, 0.5) is 0 Å². The summed E-state index contributed by atoms with van der Waals surface area (Å²) in [6.07, 6.45) is 7.46. The van der Waals surface area contributed by atoms with Gasteiger partial charge < -0.3 is 10.6 Å². The van der Waals surface area contributed by atoms with E-state index in [0.717, 1.165) is 36.5 Å². The maximum Gasteiger partial charge on any atom is 0.265 e. The lowest BCUT2D eigenvalue weighted by Crippen LogP contribution is -2.44. The highest BCUT2D eigenvalue weighted by atomic mass is 32.1. The number of thiazole rings is 1. The van der Waals surface area contributed by atoms with Crippen molar-refractivity contribution >= 4 is 17.2 Å². The van der Waals surface area contributed by atoms with Gasteiger partial charge in [0.25, 0.3) is 5.91 Å². The van der Waals surface area contributed by atoms with Gasteiger partial charge in [0.15, 0.2) is 0 Å². The Morgan fingerprint density at radius 1 is 1.50 bits per heavy atom. The third-order valence-electron chi connectivity index (χ3n) is 4.16. The molecule has 2 N–H and O–H groups in total. The molecule has 1 amide bonds. The van der Waals surface area contributed by atoms with Gasteiger partial charge in [-0.15, -0.1) is 11.3 Å². The number of hydrogen-bond donors (Lipinski definition) is 1. The summed E-state index contributed by atoms with van der Waals surface area (Å²) in [6.45, 7) is 3.57. The van der Waals surface area contributed by atoms with Gasteiger partial charge in [0.05, 0.1) is 12.4 Å². The van der Waals surface area contributed by atoms with Gasteiger partial charge in [0.2, 0.25) is 0 Å². The summed E-state index contributed by atoms with van der Waals surface area (Å²) < 4.78 is 1.73. The number of likely N-dealkylation sites (tertiary alicyclic amines) is 1. The van der Waals surface area contributed by atoms with Crippen molar-refractivity contribution in [1.29, 1.82) is 0 Å². The zero-order valence-corrected chi connectivity index (χ0v) is 13.7. The van der Waals surface area contributed by atoms with Crippen LogP contribution >= 0.6 is 11.3 Å². The normalized spacial score (nSPS) is 20.1. The minimum Gasteiger partial charge on any atom is -0.338 e. The van der Waals surface area contributed by atoms with Gasteiger partial charge in [-0.3, -0.25) is 9.48 Å². The van der Waals surface area contributed by atoms with Crippen molar-refractivity contribution in [3.8, 4) is 10.6 Å². The number of carbonyl (C=O) groups excluding carboxylic acids is 1. The van der Waals surface area contributed by atoms with E-state index < -0.39 is 0 Å². The third kappa shape index (κ3) is 3.05. The molecule has 0 aliphatic carbocycles. The van der Waals surface area contributed by atoms with E-state index in [4.69, 9.17) is 5.73 Å². The van der Waals surface area contributed by atoms with E-state index >= 15 is 0 Å². The van der Waals surface area contributed by atoms with E-state index in [0.29, 0.717) is 10.8 Å². The minimum absolute atomic E-state index is 0.0676. The molecule has 7 heteroatoms. The molecule has 1 aliphatic rings. The highest BCUT2D eigenvalue weighted by Gasteiger charge is 2.27. The van der Waals surface area contributed by atoms with Crippen LogP contribution in [0.1, 0.15) is 29.4 Å². The fourth-order valence-corrected chi connectivity index (χ4v) is 3.68. The molecular weight excluding hydrogens is 298 g/mol. The fraction of sp³-hybridized carbons (Fsp3) is 0.533. The molecule has 1 saturated heterocycles. The lowest BCUT2D eigenvalue weighted by Gasteiger charge is -2.34. The second-order valence-corrected chi connectivity index (χ2v) is 6.98. The molecule has 0 unspecified atom stereocenters. The lowest BCUT2D eigenvalue weighted by atomic mass is 9.92. The van der Waals surface area contributed by atoms with Crippen molar-refractivity contribution in [3.05, 3.63) is 23.5 Å². The Hall–Kier alpha value is -1.73. The molecule has 6 nitrogen and oxygen atoms in total. The van der Waals surface area contributed by atoms with Crippen LogP contribution in [0, 0.1) is 5.92 Å². The monoisotopic (exact) mass is 319 g/mol. The van der Waals surface area contributed by atoms with Crippen molar-refractivity contribution in [2.75, 3.05) is 13.1 Å². The second kappa shape index (κ2) is 6.18. The zero-order chi connectivity index (χ0) is 15.7. The molecule has 0 spiro atoms. The van der Waals surface area contributed by atoms with Gasteiger partial charge in [-0.25, -0.2) is 4.98 Å². The Kier molecular flexibility index (Phi) is 4.26. The van der Waals surface area contributed by atoms with E-state index in [9.17, 15) is 4.79 Å². The average Bonchev–Trinajstić information content (AvgIpc) is 3.15. The maximum atomic E-state index is 12.7. The van der Waals surface area contributed by atoms with E-state index in [-0.39, 0.29) is 11.9 Å². The molecule has 0 radical (unpaired) electrons. The predicted molar refractivity (Wildman–Crippen MR) is 86.6 cm³/mol. The first-order valence-electron chi connectivity index (χ1n) is 7.54. The minimum atomic E-state index is 0.0676. The van der Waals surface area contributed by atoms with Crippen LogP contribution in [-0.4, -0.2) is 44.7 Å². The Balaban J connectivity index is 1.74. The van der Waals surface area contributed by atoms with Crippen LogP contribution in [0.2, 0.25) is 0 Å². The number of piperidine rings is 1.